The highest BCUT2D eigenvalue weighted by Gasteiger charge is 2.36. The second-order valence-electron chi connectivity index (χ2n) is 6.79. The molecule has 0 spiro atoms. The molecule has 1 aliphatic heterocycles. The maximum atomic E-state index is 12.7. The van der Waals surface area contributed by atoms with E-state index in [1.165, 1.54) is 4.90 Å². The number of aryl methyl sites for hydroxylation is 1. The summed E-state index contributed by atoms with van der Waals surface area (Å²) in [6.07, 6.45) is 1.99. The zero-order valence-electron chi connectivity index (χ0n) is 15.9. The van der Waals surface area contributed by atoms with E-state index in [0.29, 0.717) is 26.0 Å². The standard InChI is InChI=1S/C20H30N2O4/c1-4-26-20(25)17(13-12-16-9-6-5-7-10-16)21(3)15(2)19(24)22-14-8-11-18(22)23/h5-7,9-10,15,17-18,23H,4,8,11-14H2,1-3H3. The van der Waals surface area contributed by atoms with Crippen LogP contribution in [0, 0.1) is 0 Å². The molecule has 1 amide bonds. The first-order valence-electron chi connectivity index (χ1n) is 9.36. The van der Waals surface area contributed by atoms with E-state index >= 15 is 0 Å². The van der Waals surface area contributed by atoms with Gasteiger partial charge in [0.2, 0.25) is 5.91 Å². The summed E-state index contributed by atoms with van der Waals surface area (Å²) in [7, 11) is 1.78. The minimum atomic E-state index is -0.719. The van der Waals surface area contributed by atoms with Crippen molar-refractivity contribution in [3.63, 3.8) is 0 Å². The third kappa shape index (κ3) is 5.05. The summed E-state index contributed by atoms with van der Waals surface area (Å²) >= 11 is 0. The molecule has 1 aliphatic rings. The van der Waals surface area contributed by atoms with Crippen LogP contribution < -0.4 is 0 Å². The minimum absolute atomic E-state index is 0.147. The van der Waals surface area contributed by atoms with Gasteiger partial charge in [0, 0.05) is 6.54 Å². The molecule has 0 radical (unpaired) electrons. The van der Waals surface area contributed by atoms with Crippen molar-refractivity contribution in [2.24, 2.45) is 0 Å². The highest BCUT2D eigenvalue weighted by molar-refractivity contribution is 5.83. The fourth-order valence-corrected chi connectivity index (χ4v) is 3.36. The summed E-state index contributed by atoms with van der Waals surface area (Å²) in [5.41, 5.74) is 1.14. The average molecular weight is 362 g/mol. The number of ether oxygens (including phenoxy) is 1. The molecule has 0 aliphatic carbocycles. The first kappa shape index (κ1) is 20.4. The van der Waals surface area contributed by atoms with Gasteiger partial charge in [-0.1, -0.05) is 30.3 Å². The molecular weight excluding hydrogens is 332 g/mol. The molecule has 0 saturated carbocycles. The van der Waals surface area contributed by atoms with Gasteiger partial charge in [0.05, 0.1) is 12.6 Å². The van der Waals surface area contributed by atoms with Gasteiger partial charge in [0.25, 0.3) is 0 Å². The third-order valence-corrected chi connectivity index (χ3v) is 5.07. The van der Waals surface area contributed by atoms with Gasteiger partial charge >= 0.3 is 5.97 Å². The van der Waals surface area contributed by atoms with E-state index in [4.69, 9.17) is 4.74 Å². The van der Waals surface area contributed by atoms with Crippen molar-refractivity contribution in [1.29, 1.82) is 0 Å². The van der Waals surface area contributed by atoms with E-state index < -0.39 is 18.3 Å². The number of aliphatic hydroxyl groups excluding tert-OH is 1. The molecule has 1 N–H and O–H groups in total. The molecule has 1 heterocycles. The van der Waals surface area contributed by atoms with E-state index in [1.807, 2.05) is 30.3 Å². The predicted octanol–water partition coefficient (Wildman–Crippen LogP) is 1.81. The van der Waals surface area contributed by atoms with Crippen LogP contribution >= 0.6 is 0 Å². The molecule has 1 fully saturated rings. The maximum absolute atomic E-state index is 12.7. The number of carbonyl (C=O) groups excluding carboxylic acids is 2. The van der Waals surface area contributed by atoms with Crippen molar-refractivity contribution in [2.45, 2.75) is 57.8 Å². The van der Waals surface area contributed by atoms with Crippen molar-refractivity contribution in [1.82, 2.24) is 9.80 Å². The Balaban J connectivity index is 2.07. The molecule has 2 rings (SSSR count). The zero-order valence-corrected chi connectivity index (χ0v) is 15.9. The number of amides is 1. The number of rotatable bonds is 8. The largest absolute Gasteiger partial charge is 0.465 e. The van der Waals surface area contributed by atoms with Gasteiger partial charge in [-0.25, -0.2) is 0 Å². The van der Waals surface area contributed by atoms with Crippen molar-refractivity contribution >= 4 is 11.9 Å². The van der Waals surface area contributed by atoms with Crippen molar-refractivity contribution < 1.29 is 19.4 Å². The Kier molecular flexibility index (Phi) is 7.60. The lowest BCUT2D eigenvalue weighted by atomic mass is 10.0. The van der Waals surface area contributed by atoms with Crippen LogP contribution in [0.2, 0.25) is 0 Å². The Bertz CT molecular complexity index is 593. The number of carbonyl (C=O) groups is 2. The van der Waals surface area contributed by atoms with E-state index in [1.54, 1.807) is 25.8 Å². The SMILES string of the molecule is CCOC(=O)C(CCc1ccccc1)N(C)C(C)C(=O)N1CCCC1O. The number of hydrogen-bond donors (Lipinski definition) is 1. The van der Waals surface area contributed by atoms with Crippen LogP contribution in [-0.2, 0) is 20.7 Å². The Labute approximate surface area is 155 Å². The Morgan fingerprint density at radius 1 is 1.35 bits per heavy atom. The summed E-state index contributed by atoms with van der Waals surface area (Å²) in [5.74, 6) is -0.459. The number of benzene rings is 1. The highest BCUT2D eigenvalue weighted by Crippen LogP contribution is 2.19. The Morgan fingerprint density at radius 3 is 2.62 bits per heavy atom. The first-order valence-corrected chi connectivity index (χ1v) is 9.36. The minimum Gasteiger partial charge on any atom is -0.465 e. The van der Waals surface area contributed by atoms with E-state index in [0.717, 1.165) is 18.4 Å². The van der Waals surface area contributed by atoms with Crippen molar-refractivity contribution in [3.05, 3.63) is 35.9 Å². The monoisotopic (exact) mass is 362 g/mol. The van der Waals surface area contributed by atoms with Gasteiger partial charge in [0.15, 0.2) is 0 Å². The third-order valence-electron chi connectivity index (χ3n) is 5.07. The fraction of sp³-hybridized carbons (Fsp3) is 0.600. The summed E-state index contributed by atoms with van der Waals surface area (Å²) in [5, 5.41) is 9.97. The molecule has 0 bridgehead atoms. The molecule has 3 unspecified atom stereocenters. The summed E-state index contributed by atoms with van der Waals surface area (Å²) in [6, 6.07) is 8.94. The molecule has 6 nitrogen and oxygen atoms in total. The molecular formula is C20H30N2O4. The van der Waals surface area contributed by atoms with E-state index in [2.05, 4.69) is 0 Å². The average Bonchev–Trinajstić information content (AvgIpc) is 3.07. The molecule has 0 aromatic heterocycles. The van der Waals surface area contributed by atoms with Gasteiger partial charge in [-0.3, -0.25) is 14.5 Å². The lowest BCUT2D eigenvalue weighted by Crippen LogP contribution is -2.53. The van der Waals surface area contributed by atoms with Gasteiger partial charge in [-0.2, -0.15) is 0 Å². The van der Waals surface area contributed by atoms with E-state index in [9.17, 15) is 14.7 Å². The first-order chi connectivity index (χ1) is 12.5. The van der Waals surface area contributed by atoms with Crippen LogP contribution in [0.25, 0.3) is 0 Å². The van der Waals surface area contributed by atoms with Crippen LogP contribution in [-0.4, -0.2) is 65.3 Å². The second-order valence-corrected chi connectivity index (χ2v) is 6.79. The number of esters is 1. The quantitative estimate of drug-likeness (QED) is 0.714. The Hall–Kier alpha value is -1.92. The van der Waals surface area contributed by atoms with Gasteiger partial charge in [-0.15, -0.1) is 0 Å². The highest BCUT2D eigenvalue weighted by atomic mass is 16.5. The molecule has 6 heteroatoms. The lowest BCUT2D eigenvalue weighted by Gasteiger charge is -2.34. The molecule has 144 valence electrons. The van der Waals surface area contributed by atoms with Crippen molar-refractivity contribution in [2.75, 3.05) is 20.2 Å². The molecule has 1 aromatic carbocycles. The number of likely N-dealkylation sites (N-methyl/N-ethyl adjacent to an activating group) is 1. The zero-order chi connectivity index (χ0) is 19.1. The van der Waals surface area contributed by atoms with Crippen LogP contribution in [0.15, 0.2) is 30.3 Å². The fourth-order valence-electron chi connectivity index (χ4n) is 3.36. The van der Waals surface area contributed by atoms with Crippen LogP contribution in [0.5, 0.6) is 0 Å². The number of aliphatic hydroxyl groups is 1. The molecule has 3 atom stereocenters. The predicted molar refractivity (Wildman–Crippen MR) is 99.4 cm³/mol. The Morgan fingerprint density at radius 2 is 2.04 bits per heavy atom. The van der Waals surface area contributed by atoms with Gasteiger partial charge in [-0.05, 0) is 52.1 Å². The molecule has 26 heavy (non-hydrogen) atoms. The maximum Gasteiger partial charge on any atom is 0.323 e. The topological polar surface area (TPSA) is 70.1 Å². The summed E-state index contributed by atoms with van der Waals surface area (Å²) in [6.45, 7) is 4.43. The number of nitrogens with zero attached hydrogens (tertiary/aromatic N) is 2. The van der Waals surface area contributed by atoms with Crippen LogP contribution in [0.4, 0.5) is 0 Å². The summed E-state index contributed by atoms with van der Waals surface area (Å²) in [4.78, 5) is 28.5. The van der Waals surface area contributed by atoms with Gasteiger partial charge < -0.3 is 14.7 Å². The number of likely N-dealkylation sites (tertiary alicyclic amines) is 1. The van der Waals surface area contributed by atoms with Gasteiger partial charge in [0.1, 0.15) is 12.3 Å². The normalized spacial score (nSPS) is 19.4. The number of hydrogen-bond acceptors (Lipinski definition) is 5. The van der Waals surface area contributed by atoms with E-state index in [-0.39, 0.29) is 11.9 Å². The van der Waals surface area contributed by atoms with Crippen LogP contribution in [0.3, 0.4) is 0 Å². The smallest absolute Gasteiger partial charge is 0.323 e. The summed E-state index contributed by atoms with van der Waals surface area (Å²) < 4.78 is 5.24. The lowest BCUT2D eigenvalue weighted by molar-refractivity contribution is -0.153. The molecule has 1 aromatic rings. The van der Waals surface area contributed by atoms with Crippen molar-refractivity contribution in [3.8, 4) is 0 Å². The van der Waals surface area contributed by atoms with Crippen LogP contribution in [0.1, 0.15) is 38.7 Å². The second kappa shape index (κ2) is 9.69. The molecule has 1 saturated heterocycles.